The van der Waals surface area contributed by atoms with Gasteiger partial charge < -0.3 is 0 Å². The van der Waals surface area contributed by atoms with E-state index in [0.29, 0.717) is 0 Å². The molecule has 0 unspecified atom stereocenters. The molecule has 0 heteroatoms. The van der Waals surface area contributed by atoms with Crippen molar-refractivity contribution in [1.29, 1.82) is 0 Å². The molecule has 0 aliphatic heterocycles. The van der Waals surface area contributed by atoms with Crippen LogP contribution in [-0.2, 0) is 24.7 Å². The minimum atomic E-state index is -0.285. The molecule has 0 saturated heterocycles. The maximum atomic E-state index is 2.52. The van der Waals surface area contributed by atoms with Crippen LogP contribution in [0.2, 0.25) is 0 Å². The van der Waals surface area contributed by atoms with E-state index in [0.717, 1.165) is 25.7 Å². The first-order valence-corrected chi connectivity index (χ1v) is 13.1. The zero-order chi connectivity index (χ0) is 23.5. The van der Waals surface area contributed by atoms with E-state index in [2.05, 4.69) is 112 Å². The fourth-order valence-corrected chi connectivity index (χ4v) is 6.19. The highest BCUT2D eigenvalue weighted by Crippen LogP contribution is 2.57. The molecule has 1 aliphatic rings. The van der Waals surface area contributed by atoms with Gasteiger partial charge in [0, 0.05) is 0 Å². The van der Waals surface area contributed by atoms with Crippen molar-refractivity contribution in [2.24, 2.45) is 0 Å². The SMILES string of the molecule is CCCc1ccc2c(c1)-c1cc(CCC)cc(CCC)c1C2(c1ccccc1)c1ccccc1. The molecule has 34 heavy (non-hydrogen) atoms. The Morgan fingerprint density at radius 2 is 1.09 bits per heavy atom. The van der Waals surface area contributed by atoms with Crippen LogP contribution in [0.15, 0.2) is 91.0 Å². The van der Waals surface area contributed by atoms with Gasteiger partial charge in [-0.15, -0.1) is 0 Å². The van der Waals surface area contributed by atoms with Gasteiger partial charge in [0.1, 0.15) is 0 Å². The summed E-state index contributed by atoms with van der Waals surface area (Å²) in [5.74, 6) is 0. The molecular formula is C34H36. The molecule has 0 bridgehead atoms. The summed E-state index contributed by atoms with van der Waals surface area (Å²) >= 11 is 0. The molecular weight excluding hydrogens is 408 g/mol. The molecule has 0 atom stereocenters. The zero-order valence-corrected chi connectivity index (χ0v) is 20.9. The maximum Gasteiger partial charge on any atom is 0.0716 e. The van der Waals surface area contributed by atoms with Crippen LogP contribution in [0, 0.1) is 0 Å². The highest BCUT2D eigenvalue weighted by Gasteiger charge is 2.47. The van der Waals surface area contributed by atoms with Crippen molar-refractivity contribution in [2.45, 2.75) is 64.7 Å². The lowest BCUT2D eigenvalue weighted by Gasteiger charge is -2.35. The summed E-state index contributed by atoms with van der Waals surface area (Å²) in [4.78, 5) is 0. The molecule has 4 aromatic carbocycles. The van der Waals surface area contributed by atoms with Crippen molar-refractivity contribution >= 4 is 0 Å². The predicted octanol–water partition coefficient (Wildman–Crippen LogP) is 8.91. The van der Waals surface area contributed by atoms with E-state index in [9.17, 15) is 0 Å². The van der Waals surface area contributed by atoms with E-state index in [1.54, 1.807) is 0 Å². The van der Waals surface area contributed by atoms with Crippen LogP contribution in [0.25, 0.3) is 11.1 Å². The number of rotatable bonds is 8. The summed E-state index contributed by atoms with van der Waals surface area (Å²) in [5.41, 5.74) is 12.7. The van der Waals surface area contributed by atoms with Gasteiger partial charge >= 0.3 is 0 Å². The van der Waals surface area contributed by atoms with E-state index in [1.807, 2.05) is 0 Å². The summed E-state index contributed by atoms with van der Waals surface area (Å²) in [5, 5.41) is 0. The third-order valence-corrected chi connectivity index (χ3v) is 7.44. The first-order valence-electron chi connectivity index (χ1n) is 13.1. The Kier molecular flexibility index (Phi) is 6.42. The average molecular weight is 445 g/mol. The molecule has 5 rings (SSSR count). The van der Waals surface area contributed by atoms with Crippen LogP contribution in [0.5, 0.6) is 0 Å². The second kappa shape index (κ2) is 9.63. The van der Waals surface area contributed by atoms with Crippen LogP contribution in [0.3, 0.4) is 0 Å². The number of hydrogen-bond acceptors (Lipinski definition) is 0. The smallest absolute Gasteiger partial charge is 0.0651 e. The molecule has 0 amide bonds. The Balaban J connectivity index is 1.94. The Morgan fingerprint density at radius 3 is 1.68 bits per heavy atom. The van der Waals surface area contributed by atoms with Crippen molar-refractivity contribution in [1.82, 2.24) is 0 Å². The summed E-state index contributed by atoms with van der Waals surface area (Å²) in [7, 11) is 0. The summed E-state index contributed by atoms with van der Waals surface area (Å²) in [6.07, 6.45) is 6.87. The second-order valence-electron chi connectivity index (χ2n) is 9.79. The molecule has 0 saturated carbocycles. The lowest BCUT2D eigenvalue weighted by molar-refractivity contribution is 0.745. The number of aryl methyl sites for hydroxylation is 3. The molecule has 0 aromatic heterocycles. The van der Waals surface area contributed by atoms with Gasteiger partial charge in [0.25, 0.3) is 0 Å². The minimum absolute atomic E-state index is 0.285. The van der Waals surface area contributed by atoms with Crippen LogP contribution >= 0.6 is 0 Å². The standard InChI is InChI=1S/C34H36/c1-4-13-25-20-21-32-30(23-25)31-24-26(14-5-2)22-27(15-6-3)33(31)34(32,28-16-9-7-10-17-28)29-18-11-8-12-19-29/h7-12,16-24H,4-6,13-15H2,1-3H3. The summed E-state index contributed by atoms with van der Waals surface area (Å²) in [6.45, 7) is 6.88. The molecule has 0 spiro atoms. The van der Waals surface area contributed by atoms with Gasteiger partial charge in [-0.2, -0.15) is 0 Å². The van der Waals surface area contributed by atoms with Crippen LogP contribution in [-0.4, -0.2) is 0 Å². The van der Waals surface area contributed by atoms with Gasteiger partial charge in [-0.25, -0.2) is 0 Å². The van der Waals surface area contributed by atoms with Gasteiger partial charge in [-0.05, 0) is 69.3 Å². The molecule has 4 aromatic rings. The van der Waals surface area contributed by atoms with Crippen LogP contribution < -0.4 is 0 Å². The van der Waals surface area contributed by atoms with E-state index >= 15 is 0 Å². The fraction of sp³-hybridized carbons (Fsp3) is 0.294. The van der Waals surface area contributed by atoms with Gasteiger partial charge in [0.05, 0.1) is 5.41 Å². The highest BCUT2D eigenvalue weighted by atomic mass is 14.5. The molecule has 0 fully saturated rings. The minimum Gasteiger partial charge on any atom is -0.0651 e. The quantitative estimate of drug-likeness (QED) is 0.224. The second-order valence-corrected chi connectivity index (χ2v) is 9.79. The Hall–Kier alpha value is -3.12. The van der Waals surface area contributed by atoms with Crippen molar-refractivity contribution in [3.8, 4) is 11.1 Å². The predicted molar refractivity (Wildman–Crippen MR) is 146 cm³/mol. The molecule has 0 N–H and O–H groups in total. The fourth-order valence-electron chi connectivity index (χ4n) is 6.19. The lowest BCUT2D eigenvalue weighted by atomic mass is 9.66. The molecule has 1 aliphatic carbocycles. The summed E-state index contributed by atoms with van der Waals surface area (Å²) < 4.78 is 0. The third-order valence-electron chi connectivity index (χ3n) is 7.44. The van der Waals surface area contributed by atoms with Crippen LogP contribution in [0.4, 0.5) is 0 Å². The van der Waals surface area contributed by atoms with Crippen LogP contribution in [0.1, 0.15) is 79.0 Å². The topological polar surface area (TPSA) is 0 Å². The monoisotopic (exact) mass is 444 g/mol. The van der Waals surface area contributed by atoms with Crippen molar-refractivity contribution in [3.05, 3.63) is 130 Å². The normalized spacial score (nSPS) is 13.5. The first-order chi connectivity index (χ1) is 16.7. The van der Waals surface area contributed by atoms with Gasteiger partial charge in [-0.3, -0.25) is 0 Å². The largest absolute Gasteiger partial charge is 0.0716 e. The Morgan fingerprint density at radius 1 is 0.529 bits per heavy atom. The Labute approximate surface area is 205 Å². The molecule has 0 heterocycles. The number of hydrogen-bond donors (Lipinski definition) is 0. The van der Waals surface area contributed by atoms with Gasteiger partial charge in [0.15, 0.2) is 0 Å². The van der Waals surface area contributed by atoms with Crippen molar-refractivity contribution in [3.63, 3.8) is 0 Å². The first kappa shape index (κ1) is 22.7. The van der Waals surface area contributed by atoms with E-state index in [-0.39, 0.29) is 5.41 Å². The van der Waals surface area contributed by atoms with E-state index in [1.165, 1.54) is 62.9 Å². The Bertz CT molecular complexity index is 1220. The molecule has 172 valence electrons. The zero-order valence-electron chi connectivity index (χ0n) is 20.9. The van der Waals surface area contributed by atoms with Crippen molar-refractivity contribution < 1.29 is 0 Å². The number of benzene rings is 4. The molecule has 0 radical (unpaired) electrons. The van der Waals surface area contributed by atoms with Gasteiger partial charge in [0.2, 0.25) is 0 Å². The number of fused-ring (bicyclic) bond motifs is 3. The maximum absolute atomic E-state index is 2.52. The summed E-state index contributed by atoms with van der Waals surface area (Å²) in [6, 6.07) is 34.8. The van der Waals surface area contributed by atoms with E-state index < -0.39 is 0 Å². The van der Waals surface area contributed by atoms with Gasteiger partial charge in [-0.1, -0.05) is 131 Å². The average Bonchev–Trinajstić information content (AvgIpc) is 3.17. The van der Waals surface area contributed by atoms with Crippen molar-refractivity contribution in [2.75, 3.05) is 0 Å². The third kappa shape index (κ3) is 3.61. The van der Waals surface area contributed by atoms with E-state index in [4.69, 9.17) is 0 Å². The highest BCUT2D eigenvalue weighted by molar-refractivity contribution is 5.88. The molecule has 0 nitrogen and oxygen atoms in total. The lowest BCUT2D eigenvalue weighted by Crippen LogP contribution is -2.30.